The number of nitrogens with one attached hydrogen (secondary N) is 6. The summed E-state index contributed by atoms with van der Waals surface area (Å²) in [5, 5.41) is 32.6. The quantitative estimate of drug-likeness (QED) is 0.0303. The van der Waals surface area contributed by atoms with Gasteiger partial charge in [-0.2, -0.15) is 8.42 Å². The molecule has 0 saturated carbocycles. The van der Waals surface area contributed by atoms with Crippen molar-refractivity contribution in [3.8, 4) is 0 Å². The summed E-state index contributed by atoms with van der Waals surface area (Å²) in [6, 6.07) is 4.80. The van der Waals surface area contributed by atoms with E-state index < -0.39 is 123 Å². The van der Waals surface area contributed by atoms with E-state index in [0.717, 1.165) is 25.1 Å². The standard InChI is InChI=1S/C49H79N7O21S2/c1-2-3-21-51-37-16-13-35(14-17-37)47(64)53-22-5-4-10-40(46(50)63)54-45(62)34-77-29-26-74-24-6-9-38(57)18-19-41(49(67)68)55-43(60)20-15-36(48(65)66)32-39(58)33-76-28-27-75-25-23-52-42(59)11-7-30-78(69,70)56-44(61)12-8-31-79(71,72)73/h13-14,16-17,36,40-41,51H,2-12,15,18-34H2,1H3,(H2,50,63)(H,52,59)(H,53,64)(H,54,62)(H,55,60)(H,56,61)(H,65,66)(H,67,68)(H,71,72,73)/t36-,40+,41-/m1/s1. The lowest BCUT2D eigenvalue weighted by atomic mass is 9.97. The first-order valence-corrected chi connectivity index (χ1v) is 29.2. The number of benzene rings is 1. The van der Waals surface area contributed by atoms with Crippen LogP contribution in [0.25, 0.3) is 0 Å². The minimum absolute atomic E-state index is 0.00785. The smallest absolute Gasteiger partial charge is 0.326 e. The number of hydrogen-bond donors (Lipinski definition) is 10. The van der Waals surface area contributed by atoms with Crippen LogP contribution in [0.1, 0.15) is 120 Å². The van der Waals surface area contributed by atoms with Gasteiger partial charge in [0.1, 0.15) is 31.1 Å². The maximum absolute atomic E-state index is 12.6. The van der Waals surface area contributed by atoms with Crippen molar-refractivity contribution in [3.05, 3.63) is 29.8 Å². The first kappa shape index (κ1) is 70.8. The summed E-state index contributed by atoms with van der Waals surface area (Å²) in [4.78, 5) is 121. The van der Waals surface area contributed by atoms with Crippen LogP contribution in [0.2, 0.25) is 0 Å². The Morgan fingerprint density at radius 1 is 0.557 bits per heavy atom. The van der Waals surface area contributed by atoms with Crippen LogP contribution in [0.5, 0.6) is 0 Å². The Morgan fingerprint density at radius 2 is 1.19 bits per heavy atom. The molecular weight excluding hydrogens is 1090 g/mol. The van der Waals surface area contributed by atoms with Crippen molar-refractivity contribution < 1.29 is 98.5 Å². The average Bonchev–Trinajstić information content (AvgIpc) is 3.36. The second-order valence-electron chi connectivity index (χ2n) is 18.1. The molecule has 0 fully saturated rings. The number of hydrogen-bond acceptors (Lipinski definition) is 19. The van der Waals surface area contributed by atoms with Crippen LogP contribution in [-0.4, -0.2) is 187 Å². The molecule has 448 valence electrons. The number of unbranched alkanes of at least 4 members (excludes halogenated alkanes) is 2. The van der Waals surface area contributed by atoms with E-state index in [1.807, 2.05) is 12.1 Å². The third-order valence-corrected chi connectivity index (χ3v) is 13.4. The predicted molar refractivity (Wildman–Crippen MR) is 283 cm³/mol. The van der Waals surface area contributed by atoms with Crippen molar-refractivity contribution in [2.45, 2.75) is 122 Å². The van der Waals surface area contributed by atoms with E-state index in [4.69, 9.17) is 29.2 Å². The highest BCUT2D eigenvalue weighted by Crippen LogP contribution is 2.14. The summed E-state index contributed by atoms with van der Waals surface area (Å²) in [6.07, 6.45) is 1.08. The number of amides is 6. The number of carbonyl (C=O) groups excluding carboxylic acids is 8. The van der Waals surface area contributed by atoms with Crippen LogP contribution < -0.4 is 37.0 Å². The summed E-state index contributed by atoms with van der Waals surface area (Å²) in [5.41, 5.74) is 6.92. The number of ketones is 2. The molecule has 6 amide bonds. The van der Waals surface area contributed by atoms with Crippen molar-refractivity contribution in [1.82, 2.24) is 26.0 Å². The maximum Gasteiger partial charge on any atom is 0.326 e. The fourth-order valence-electron chi connectivity index (χ4n) is 6.98. The van der Waals surface area contributed by atoms with Gasteiger partial charge in [0.15, 0.2) is 5.78 Å². The molecule has 3 atom stereocenters. The Balaban J connectivity index is 2.20. The number of carboxylic acid groups (broad SMARTS) is 2. The van der Waals surface area contributed by atoms with Gasteiger partial charge in [0.25, 0.3) is 16.0 Å². The fraction of sp³-hybridized carbons (Fsp3) is 0.673. The molecule has 0 bridgehead atoms. The number of aliphatic carboxylic acids is 2. The van der Waals surface area contributed by atoms with E-state index in [9.17, 15) is 75.0 Å². The maximum atomic E-state index is 12.6. The van der Waals surface area contributed by atoms with Gasteiger partial charge in [-0.1, -0.05) is 13.3 Å². The number of ether oxygens (including phenoxy) is 4. The van der Waals surface area contributed by atoms with Gasteiger partial charge >= 0.3 is 11.9 Å². The molecule has 0 unspecified atom stereocenters. The number of carbonyl (C=O) groups is 10. The van der Waals surface area contributed by atoms with Crippen molar-refractivity contribution >= 4 is 84.8 Å². The molecule has 0 saturated heterocycles. The van der Waals surface area contributed by atoms with Gasteiger partial charge < -0.3 is 61.5 Å². The predicted octanol–water partition coefficient (Wildman–Crippen LogP) is -0.0153. The molecule has 0 aliphatic carbocycles. The highest BCUT2D eigenvalue weighted by atomic mass is 32.2. The Kier molecular flexibility index (Phi) is 36.7. The topological polar surface area (TPSA) is 435 Å². The molecule has 0 aromatic heterocycles. The number of anilines is 1. The van der Waals surface area contributed by atoms with Crippen LogP contribution in [0.15, 0.2) is 24.3 Å². The summed E-state index contributed by atoms with van der Waals surface area (Å²) in [5.74, 6) is -9.95. The molecule has 0 aliphatic rings. The number of primary amides is 1. The van der Waals surface area contributed by atoms with Crippen LogP contribution in [0.4, 0.5) is 5.69 Å². The largest absolute Gasteiger partial charge is 0.481 e. The number of nitrogens with two attached hydrogens (primary N) is 1. The molecule has 30 heteroatoms. The molecule has 1 aromatic rings. The minimum atomic E-state index is -4.29. The van der Waals surface area contributed by atoms with Crippen LogP contribution in [-0.2, 0) is 82.2 Å². The van der Waals surface area contributed by atoms with Gasteiger partial charge in [-0.15, -0.1) is 0 Å². The van der Waals surface area contributed by atoms with Gasteiger partial charge in [-0.25, -0.2) is 13.2 Å². The van der Waals surface area contributed by atoms with E-state index in [2.05, 4.69) is 33.5 Å². The molecule has 0 heterocycles. The SMILES string of the molecule is CCCCNc1ccc(C(=O)NCCCC[C@H](NC(=O)COCCOCCCC(=O)CC[C@@H](NC(=O)CC[C@H](CC(=O)COCCOCCNC(=O)CCCS(=O)(=O)NC(=O)CCCS(=O)(=O)O)C(=O)O)C(=O)O)C(N)=O)cc1. The molecule has 28 nitrogen and oxygen atoms in total. The Morgan fingerprint density at radius 3 is 1.84 bits per heavy atom. The Hall–Kier alpha value is -6.18. The molecule has 0 radical (unpaired) electrons. The normalized spacial score (nSPS) is 12.5. The Bertz CT molecular complexity index is 2320. The first-order valence-electron chi connectivity index (χ1n) is 26.0. The third-order valence-electron chi connectivity index (χ3n) is 11.2. The lowest BCUT2D eigenvalue weighted by Crippen LogP contribution is -2.45. The van der Waals surface area contributed by atoms with Gasteiger partial charge in [0, 0.05) is 76.0 Å². The fourth-order valence-corrected chi connectivity index (χ4v) is 8.57. The zero-order valence-corrected chi connectivity index (χ0v) is 46.3. The van der Waals surface area contributed by atoms with Crippen molar-refractivity contribution in [2.75, 3.05) is 89.3 Å². The lowest BCUT2D eigenvalue weighted by molar-refractivity contribution is -0.145. The molecule has 0 spiro atoms. The van der Waals surface area contributed by atoms with Crippen molar-refractivity contribution in [2.24, 2.45) is 11.7 Å². The van der Waals surface area contributed by atoms with Gasteiger partial charge in [0.05, 0.1) is 50.5 Å². The van der Waals surface area contributed by atoms with E-state index >= 15 is 0 Å². The van der Waals surface area contributed by atoms with Crippen LogP contribution >= 0.6 is 0 Å². The van der Waals surface area contributed by atoms with Crippen LogP contribution in [0, 0.1) is 5.92 Å². The molecule has 1 rings (SSSR count). The van der Waals surface area contributed by atoms with Gasteiger partial charge in [-0.3, -0.25) is 52.4 Å². The monoisotopic (exact) mass is 1170 g/mol. The summed E-state index contributed by atoms with van der Waals surface area (Å²) in [6.45, 7) is 2.74. The summed E-state index contributed by atoms with van der Waals surface area (Å²) in [7, 11) is -8.37. The molecule has 11 N–H and O–H groups in total. The highest BCUT2D eigenvalue weighted by Gasteiger charge is 2.26. The van der Waals surface area contributed by atoms with E-state index in [1.165, 1.54) is 0 Å². The van der Waals surface area contributed by atoms with Gasteiger partial charge in [0.2, 0.25) is 39.6 Å². The van der Waals surface area contributed by atoms with E-state index in [1.54, 1.807) is 16.9 Å². The second-order valence-corrected chi connectivity index (χ2v) is 21.5. The van der Waals surface area contributed by atoms with E-state index in [0.29, 0.717) is 24.9 Å². The second kappa shape index (κ2) is 40.9. The minimum Gasteiger partial charge on any atom is -0.481 e. The first-order chi connectivity index (χ1) is 37.4. The summed E-state index contributed by atoms with van der Waals surface area (Å²) < 4.78 is 77.0. The zero-order chi connectivity index (χ0) is 59.1. The number of sulfonamides is 1. The molecule has 0 aliphatic heterocycles. The summed E-state index contributed by atoms with van der Waals surface area (Å²) >= 11 is 0. The number of Topliss-reactive ketones (excluding diaryl/α,β-unsaturated/α-hetero) is 2. The molecule has 79 heavy (non-hydrogen) atoms. The number of rotatable bonds is 49. The zero-order valence-electron chi connectivity index (χ0n) is 44.6. The van der Waals surface area contributed by atoms with E-state index in [-0.39, 0.29) is 122 Å². The average molecular weight is 1170 g/mol. The highest BCUT2D eigenvalue weighted by molar-refractivity contribution is 7.90. The van der Waals surface area contributed by atoms with Crippen molar-refractivity contribution in [3.63, 3.8) is 0 Å². The molecule has 1 aromatic carbocycles. The number of carboxylic acids is 2. The van der Waals surface area contributed by atoms with Gasteiger partial charge in [-0.05, 0) is 82.1 Å². The Labute approximate surface area is 460 Å². The van der Waals surface area contributed by atoms with Crippen molar-refractivity contribution in [1.29, 1.82) is 0 Å². The molecular formula is C49H79N7O21S2. The lowest BCUT2D eigenvalue weighted by Gasteiger charge is -2.16. The van der Waals surface area contributed by atoms with Crippen LogP contribution in [0.3, 0.4) is 0 Å². The third kappa shape index (κ3) is 38.1.